The summed E-state index contributed by atoms with van der Waals surface area (Å²) in [4.78, 5) is 4.18. The minimum Gasteiger partial charge on any atom is -0.440 e. The Morgan fingerprint density at radius 1 is 1.24 bits per heavy atom. The van der Waals surface area contributed by atoms with E-state index in [4.69, 9.17) is 27.6 Å². The van der Waals surface area contributed by atoms with Crippen LogP contribution in [0.2, 0.25) is 10.0 Å². The second-order valence-electron chi connectivity index (χ2n) is 5.73. The van der Waals surface area contributed by atoms with Crippen LogP contribution in [0.15, 0.2) is 10.5 Å². The Bertz CT molecular complexity index is 976. The van der Waals surface area contributed by atoms with Crippen molar-refractivity contribution < 1.29 is 22.0 Å². The topological polar surface area (TPSA) is 43.9 Å². The normalized spacial score (nSPS) is 12.6. The zero-order chi connectivity index (χ0) is 18.7. The summed E-state index contributed by atoms with van der Waals surface area (Å²) < 4.78 is 60.0. The Morgan fingerprint density at radius 2 is 1.88 bits per heavy atom. The molecule has 0 aliphatic rings. The average Bonchev–Trinajstić information content (AvgIpc) is 3.01. The zero-order valence-corrected chi connectivity index (χ0v) is 14.7. The molecule has 25 heavy (non-hydrogen) atoms. The van der Waals surface area contributed by atoms with E-state index >= 15 is 0 Å². The number of aryl methyl sites for hydroxylation is 1. The molecule has 0 aliphatic heterocycles. The van der Waals surface area contributed by atoms with Crippen LogP contribution in [-0.4, -0.2) is 14.8 Å². The molecule has 0 saturated carbocycles. The lowest BCUT2D eigenvalue weighted by molar-refractivity contribution is -0.143. The van der Waals surface area contributed by atoms with Gasteiger partial charge in [-0.2, -0.15) is 18.3 Å². The molecule has 0 N–H and O–H groups in total. The van der Waals surface area contributed by atoms with Gasteiger partial charge in [0.15, 0.2) is 17.2 Å². The molecule has 0 radical (unpaired) electrons. The van der Waals surface area contributed by atoms with E-state index in [0.29, 0.717) is 4.68 Å². The number of aromatic nitrogens is 3. The SMILES string of the molecule is CC(C)c1nc2c(Cl)cc(F)c(-c3nn(C)c(C(F)(F)F)c3Cl)c2o1. The number of nitrogens with zero attached hydrogens (tertiary/aromatic N) is 3. The Morgan fingerprint density at radius 3 is 2.40 bits per heavy atom. The number of hydrogen-bond donors (Lipinski definition) is 0. The third-order valence-corrected chi connectivity index (χ3v) is 4.22. The fourth-order valence-electron chi connectivity index (χ4n) is 2.46. The second kappa shape index (κ2) is 5.88. The average molecular weight is 396 g/mol. The van der Waals surface area contributed by atoms with Crippen LogP contribution in [0.1, 0.15) is 31.4 Å². The Hall–Kier alpha value is -1.80. The van der Waals surface area contributed by atoms with Crippen LogP contribution in [-0.2, 0) is 13.2 Å². The summed E-state index contributed by atoms with van der Waals surface area (Å²) >= 11 is 11.9. The predicted octanol–water partition coefficient (Wildman–Crippen LogP) is 5.82. The lowest BCUT2D eigenvalue weighted by Crippen LogP contribution is -2.12. The molecule has 0 aliphatic carbocycles. The first-order chi connectivity index (χ1) is 11.5. The lowest BCUT2D eigenvalue weighted by atomic mass is 10.1. The molecule has 4 nitrogen and oxygen atoms in total. The van der Waals surface area contributed by atoms with Crippen molar-refractivity contribution in [3.05, 3.63) is 33.5 Å². The zero-order valence-electron chi connectivity index (χ0n) is 13.2. The molecule has 3 rings (SSSR count). The Labute approximate surface area is 149 Å². The molecule has 134 valence electrons. The van der Waals surface area contributed by atoms with Gasteiger partial charge >= 0.3 is 6.18 Å². The molecule has 0 atom stereocenters. The fourth-order valence-corrected chi connectivity index (χ4v) is 3.05. The lowest BCUT2D eigenvalue weighted by Gasteiger charge is -2.06. The van der Waals surface area contributed by atoms with Crippen molar-refractivity contribution in [1.82, 2.24) is 14.8 Å². The summed E-state index contributed by atoms with van der Waals surface area (Å²) in [5, 5.41) is 2.99. The molecule has 2 aromatic heterocycles. The van der Waals surface area contributed by atoms with Crippen LogP contribution in [0, 0.1) is 5.82 Å². The summed E-state index contributed by atoms with van der Waals surface area (Å²) in [6, 6.07) is 0.949. The predicted molar refractivity (Wildman–Crippen MR) is 85.3 cm³/mol. The molecular formula is C15H11Cl2F4N3O. The maximum absolute atomic E-state index is 14.5. The molecule has 0 unspecified atom stereocenters. The van der Waals surface area contributed by atoms with E-state index in [1.54, 1.807) is 13.8 Å². The van der Waals surface area contributed by atoms with Crippen molar-refractivity contribution in [3.63, 3.8) is 0 Å². The van der Waals surface area contributed by atoms with Crippen molar-refractivity contribution in [2.45, 2.75) is 25.9 Å². The number of rotatable bonds is 2. The van der Waals surface area contributed by atoms with Gasteiger partial charge in [0.25, 0.3) is 0 Å². The van der Waals surface area contributed by atoms with Crippen LogP contribution in [0.5, 0.6) is 0 Å². The highest BCUT2D eigenvalue weighted by Crippen LogP contribution is 2.43. The van der Waals surface area contributed by atoms with Crippen LogP contribution in [0.4, 0.5) is 17.6 Å². The maximum Gasteiger partial charge on any atom is 0.434 e. The van der Waals surface area contributed by atoms with E-state index in [2.05, 4.69) is 10.1 Å². The number of halogens is 6. The first-order valence-electron chi connectivity index (χ1n) is 7.10. The Kier molecular flexibility index (Phi) is 4.23. The molecule has 0 amide bonds. The highest BCUT2D eigenvalue weighted by Gasteiger charge is 2.40. The number of hydrogen-bond acceptors (Lipinski definition) is 3. The van der Waals surface area contributed by atoms with Gasteiger partial charge in [-0.05, 0) is 6.07 Å². The van der Waals surface area contributed by atoms with Gasteiger partial charge in [-0.3, -0.25) is 4.68 Å². The number of alkyl halides is 3. The van der Waals surface area contributed by atoms with E-state index in [1.165, 1.54) is 0 Å². The van der Waals surface area contributed by atoms with Crippen LogP contribution < -0.4 is 0 Å². The quantitative estimate of drug-likeness (QED) is 0.513. The van der Waals surface area contributed by atoms with E-state index in [9.17, 15) is 17.6 Å². The molecule has 0 saturated heterocycles. The summed E-state index contributed by atoms with van der Waals surface area (Å²) in [5.41, 5.74) is -1.84. The van der Waals surface area contributed by atoms with Crippen LogP contribution >= 0.6 is 23.2 Å². The summed E-state index contributed by atoms with van der Waals surface area (Å²) in [6.07, 6.45) is -4.75. The third-order valence-electron chi connectivity index (χ3n) is 3.58. The second-order valence-corrected chi connectivity index (χ2v) is 6.52. The first-order valence-corrected chi connectivity index (χ1v) is 7.86. The highest BCUT2D eigenvalue weighted by molar-refractivity contribution is 6.36. The van der Waals surface area contributed by atoms with E-state index in [1.807, 2.05) is 0 Å². The number of benzene rings is 1. The Balaban J connectivity index is 2.37. The van der Waals surface area contributed by atoms with Gasteiger partial charge in [-0.25, -0.2) is 9.37 Å². The summed E-state index contributed by atoms with van der Waals surface area (Å²) in [5.74, 6) is -0.770. The molecule has 2 heterocycles. The highest BCUT2D eigenvalue weighted by atomic mass is 35.5. The van der Waals surface area contributed by atoms with Crippen molar-refractivity contribution in [2.24, 2.45) is 7.05 Å². The molecule has 0 bridgehead atoms. The van der Waals surface area contributed by atoms with Gasteiger partial charge < -0.3 is 4.42 Å². The number of fused-ring (bicyclic) bond motifs is 1. The molecule has 0 spiro atoms. The molecule has 1 aromatic carbocycles. The standard InChI is InChI=1S/C15H11Cl2F4N3O/c1-5(2)14-22-10-6(16)4-7(18)8(12(10)25-14)11-9(17)13(15(19,20)21)24(3)23-11/h4-5H,1-3H3. The van der Waals surface area contributed by atoms with Gasteiger partial charge in [0.2, 0.25) is 0 Å². The van der Waals surface area contributed by atoms with Gasteiger partial charge in [-0.1, -0.05) is 37.0 Å². The van der Waals surface area contributed by atoms with Gasteiger partial charge in [0, 0.05) is 13.0 Å². The summed E-state index contributed by atoms with van der Waals surface area (Å²) in [6.45, 7) is 3.59. The van der Waals surface area contributed by atoms with Gasteiger partial charge in [-0.15, -0.1) is 0 Å². The molecular weight excluding hydrogens is 385 g/mol. The van der Waals surface area contributed by atoms with E-state index in [-0.39, 0.29) is 39.2 Å². The van der Waals surface area contributed by atoms with Crippen molar-refractivity contribution >= 4 is 34.3 Å². The molecule has 0 fully saturated rings. The van der Waals surface area contributed by atoms with Gasteiger partial charge in [0.05, 0.1) is 15.6 Å². The third kappa shape index (κ3) is 2.87. The van der Waals surface area contributed by atoms with Crippen molar-refractivity contribution in [2.75, 3.05) is 0 Å². The largest absolute Gasteiger partial charge is 0.440 e. The van der Waals surface area contributed by atoms with Gasteiger partial charge in [0.1, 0.15) is 17.0 Å². The molecule has 3 aromatic rings. The maximum atomic E-state index is 14.5. The minimum atomic E-state index is -4.75. The number of oxazole rings is 1. The van der Waals surface area contributed by atoms with E-state index < -0.39 is 22.7 Å². The minimum absolute atomic E-state index is 0.0185. The fraction of sp³-hybridized carbons (Fsp3) is 0.333. The van der Waals surface area contributed by atoms with Crippen molar-refractivity contribution in [3.8, 4) is 11.3 Å². The monoisotopic (exact) mass is 395 g/mol. The molecule has 10 heteroatoms. The summed E-state index contributed by atoms with van der Waals surface area (Å²) in [7, 11) is 1.07. The van der Waals surface area contributed by atoms with Crippen molar-refractivity contribution in [1.29, 1.82) is 0 Å². The van der Waals surface area contributed by atoms with E-state index in [0.717, 1.165) is 13.1 Å². The smallest absolute Gasteiger partial charge is 0.434 e. The van der Waals surface area contributed by atoms with Crippen LogP contribution in [0.3, 0.4) is 0 Å². The first kappa shape index (κ1) is 18.0. The van der Waals surface area contributed by atoms with Crippen LogP contribution in [0.25, 0.3) is 22.4 Å².